The molecule has 0 saturated heterocycles. The van der Waals surface area contributed by atoms with Crippen LogP contribution in [0.3, 0.4) is 0 Å². The first-order valence-electron chi connectivity index (χ1n) is 44.1. The Labute approximate surface area is 806 Å². The number of hydrogen-bond acceptors (Lipinski definition) is 16. The summed E-state index contributed by atoms with van der Waals surface area (Å²) in [6.45, 7) is 0. The summed E-state index contributed by atoms with van der Waals surface area (Å²) in [5.41, 5.74) is 21.4. The molecule has 0 aliphatic carbocycles. The molecule has 0 atom stereocenters. The van der Waals surface area contributed by atoms with E-state index in [1.807, 2.05) is 30.3 Å². The third kappa shape index (κ3) is 17.6. The zero-order chi connectivity index (χ0) is 93.1. The molecule has 0 N–H and O–H groups in total. The van der Waals surface area contributed by atoms with Crippen LogP contribution in [0.2, 0.25) is 0 Å². The maximum atomic E-state index is 11.2. The van der Waals surface area contributed by atoms with Crippen LogP contribution in [0.1, 0.15) is 34.2 Å². The van der Waals surface area contributed by atoms with Crippen LogP contribution in [0.4, 0.5) is 51.2 Å². The predicted octanol–water partition coefficient (Wildman–Crippen LogP) is 25.5. The fourth-order valence-electron chi connectivity index (χ4n) is 17.5. The third-order valence-electron chi connectivity index (χ3n) is 24.0. The van der Waals surface area contributed by atoms with E-state index in [0.717, 1.165) is 67.6 Å². The summed E-state index contributed by atoms with van der Waals surface area (Å²) in [6.07, 6.45) is 0. The number of rotatable bonds is 14. The Balaban J connectivity index is 0.000000128. The molecule has 23 rings (SSSR count). The van der Waals surface area contributed by atoms with Crippen LogP contribution >= 0.6 is 0 Å². The van der Waals surface area contributed by atoms with E-state index in [1.54, 1.807) is 48.5 Å². The predicted molar refractivity (Wildman–Crippen MR) is 545 cm³/mol. The van der Waals surface area contributed by atoms with E-state index in [1.165, 1.54) is 87.9 Å². The van der Waals surface area contributed by atoms with Gasteiger partial charge in [-0.05, 0) is 187 Å². The monoisotopic (exact) mass is 1760 g/mol. The summed E-state index contributed by atoms with van der Waals surface area (Å²) < 4.78 is 2.36. The second-order valence-corrected chi connectivity index (χ2v) is 32.1. The maximum absolute atomic E-state index is 11.2. The van der Waals surface area contributed by atoms with Gasteiger partial charge >= 0.3 is 18.9 Å². The molecule has 19 aromatic carbocycles. The molecule has 0 aliphatic heterocycles. The van der Waals surface area contributed by atoms with Crippen molar-refractivity contribution in [2.75, 3.05) is 14.7 Å². The second kappa shape index (κ2) is 39.7. The smallest absolute Gasteiger partial charge is 0.872 e. The van der Waals surface area contributed by atoms with Gasteiger partial charge < -0.3 is 24.4 Å². The standard InChI is InChI=1S/C48H34N2.C44H32N2.C18N12.C10H8O.Li/c1-3-11-35(12-4-1)37-19-27-41(28-20-37)49(42-29-21-38(22-30-42)36-13-5-2-6-14-36)43-31-23-39(24-32-43)40-25-33-44(34-26-40)50-47-17-9-7-15-45(47)46-16-8-10-18-48(46)50;1-3-17-37(18-4-1)45(43-23-11-15-35-13-7-9-21-41(35)43)39-29-25-33(26-30-39)34-27-31-40(32-28-34)46(38-19-5-2-6-20-38)44-24-12-16-36-14-8-10-22-42(36)44;19-1-7-8(2-20)26-14-13(25-7)15-17(29-10(4-22)9(3-21)27-15)18-16(14)28-11(5-23)12(6-24)30-18;11-10-7-3-5-8-4-1-2-6-9(8)10;/h1-34H;1-32H;;1-7,11H;/q;;;;+1/p-1. The minimum absolute atomic E-state index is 0. The Morgan fingerprint density at radius 1 is 0.196 bits per heavy atom. The molecule has 17 nitrogen and oxygen atoms in total. The van der Waals surface area contributed by atoms with Gasteiger partial charge in [0.25, 0.3) is 0 Å². The number of nitriles is 6. The molecule has 0 bridgehead atoms. The van der Waals surface area contributed by atoms with Crippen LogP contribution in [0.15, 0.2) is 443 Å². The van der Waals surface area contributed by atoms with Crippen LogP contribution in [-0.2, 0) is 0 Å². The zero-order valence-electron chi connectivity index (χ0n) is 74.2. The van der Waals surface area contributed by atoms with Crippen LogP contribution in [0.25, 0.3) is 137 Å². The number of para-hydroxylation sites is 4. The van der Waals surface area contributed by atoms with E-state index in [4.69, 9.17) is 0 Å². The Kier molecular flexibility index (Phi) is 25.3. The van der Waals surface area contributed by atoms with Crippen molar-refractivity contribution in [3.05, 3.63) is 477 Å². The first-order valence-corrected chi connectivity index (χ1v) is 44.1. The van der Waals surface area contributed by atoms with Gasteiger partial charge in [0.15, 0.2) is 34.2 Å². The van der Waals surface area contributed by atoms with E-state index < -0.39 is 0 Å². The summed E-state index contributed by atoms with van der Waals surface area (Å²) in [7, 11) is 0. The van der Waals surface area contributed by atoms with Gasteiger partial charge in [0.1, 0.15) is 69.5 Å². The van der Waals surface area contributed by atoms with Gasteiger partial charge in [-0.1, -0.05) is 322 Å². The number of nitrogens with zero attached hydrogens (tertiary/aromatic N) is 16. The van der Waals surface area contributed by atoms with Crippen molar-refractivity contribution in [1.82, 2.24) is 34.5 Å². The Hall–Kier alpha value is -19.5. The summed E-state index contributed by atoms with van der Waals surface area (Å²) in [4.78, 5) is 31.7. The van der Waals surface area contributed by atoms with Crippen LogP contribution in [0.5, 0.6) is 5.75 Å². The molecule has 0 fully saturated rings. The molecule has 0 radical (unpaired) electrons. The van der Waals surface area contributed by atoms with E-state index in [9.17, 15) is 36.7 Å². The van der Waals surface area contributed by atoms with Crippen molar-refractivity contribution in [3.63, 3.8) is 0 Å². The van der Waals surface area contributed by atoms with E-state index >= 15 is 0 Å². The molecule has 0 aliphatic rings. The molecule has 138 heavy (non-hydrogen) atoms. The number of anilines is 9. The fourth-order valence-corrected chi connectivity index (χ4v) is 17.5. The molecule has 4 heterocycles. The summed E-state index contributed by atoms with van der Waals surface area (Å²) in [5, 5.41) is 76.2. The fraction of sp³-hybridized carbons (Fsp3) is 0. The molecule has 0 amide bonds. The van der Waals surface area contributed by atoms with E-state index in [2.05, 4.69) is 450 Å². The number of fused-ring (bicyclic) bond motifs is 12. The first kappa shape index (κ1) is 87.8. The van der Waals surface area contributed by atoms with Gasteiger partial charge in [0.2, 0.25) is 0 Å². The second-order valence-electron chi connectivity index (χ2n) is 32.1. The van der Waals surface area contributed by atoms with Crippen molar-refractivity contribution >= 4 is 138 Å². The largest absolute Gasteiger partial charge is 1.00 e. The summed E-state index contributed by atoms with van der Waals surface area (Å²) in [5.74, 6) is 0.100. The van der Waals surface area contributed by atoms with Crippen molar-refractivity contribution in [2.45, 2.75) is 0 Å². The van der Waals surface area contributed by atoms with Gasteiger partial charge in [-0.2, -0.15) is 31.6 Å². The SMILES string of the molecule is N#Cc1nc2c3nc(C#N)c(C#N)nc3c3nc(C#N)c(C#N)nc3c2nc1C#N.[Li+].[O-]c1cccc2ccccc12.c1ccc(-c2ccc(N(c3ccc(-c4ccccc4)cc3)c3ccc(-c4ccc(-n5c6ccccc6c6ccccc65)cc4)cc3)cc2)cc1.c1ccc(N(c2ccc(-c3ccc(N(c4ccccc4)c4cccc5ccccc45)cc3)cc2)c2cccc3ccccc23)cc1. The zero-order valence-corrected chi connectivity index (χ0v) is 74.2. The van der Waals surface area contributed by atoms with Crippen LogP contribution < -0.4 is 38.7 Å². The van der Waals surface area contributed by atoms with Crippen LogP contribution in [0, 0.1) is 68.0 Å². The van der Waals surface area contributed by atoms with Crippen LogP contribution in [-0.4, -0.2) is 34.5 Å². The minimum atomic E-state index is -0.294. The van der Waals surface area contributed by atoms with Crippen molar-refractivity contribution in [1.29, 1.82) is 31.6 Å². The molecule has 0 spiro atoms. The Bertz CT molecular complexity index is 8110. The molecule has 23 aromatic rings. The molecule has 0 unspecified atom stereocenters. The van der Waals surface area contributed by atoms with Crippen molar-refractivity contribution in [3.8, 4) is 92.4 Å². The summed E-state index contributed by atoms with van der Waals surface area (Å²) >= 11 is 0. The first-order chi connectivity index (χ1) is 67.6. The molecule has 4 aromatic heterocycles. The normalized spacial score (nSPS) is 10.7. The van der Waals surface area contributed by atoms with Gasteiger partial charge in [-0.3, -0.25) is 0 Å². The molecule has 18 heteroatoms. The maximum Gasteiger partial charge on any atom is 1.00 e. The Morgan fingerprint density at radius 3 is 0.710 bits per heavy atom. The van der Waals surface area contributed by atoms with Gasteiger partial charge in [0, 0.05) is 67.0 Å². The van der Waals surface area contributed by atoms with Gasteiger partial charge in [-0.25, -0.2) is 29.9 Å². The summed E-state index contributed by atoms with van der Waals surface area (Å²) in [6, 6.07) is 167. The molecular formula is C120H73LiN16O. The van der Waals surface area contributed by atoms with Gasteiger partial charge in [0.05, 0.1) is 22.4 Å². The third-order valence-corrected chi connectivity index (χ3v) is 24.0. The van der Waals surface area contributed by atoms with E-state index in [0.29, 0.717) is 0 Å². The number of benzene rings is 19. The minimum Gasteiger partial charge on any atom is -0.872 e. The topological polar surface area (TPSA) is 258 Å². The average Bonchev–Trinajstić information content (AvgIpc) is 0.765. The molecule has 640 valence electrons. The molecule has 0 saturated carbocycles. The van der Waals surface area contributed by atoms with Crippen molar-refractivity contribution < 1.29 is 24.0 Å². The van der Waals surface area contributed by atoms with E-state index in [-0.39, 0.29) is 91.9 Å². The number of aromatic nitrogens is 7. The quantitative estimate of drug-likeness (QED) is 0.0724. The van der Waals surface area contributed by atoms with Crippen molar-refractivity contribution in [2.24, 2.45) is 0 Å². The Morgan fingerprint density at radius 2 is 0.413 bits per heavy atom. The molecular weight excluding hydrogens is 1690 g/mol. The number of hydrogen-bond donors (Lipinski definition) is 0. The van der Waals surface area contributed by atoms with Gasteiger partial charge in [-0.15, -0.1) is 5.75 Å². The average molecular weight is 1760 g/mol.